The van der Waals surface area contributed by atoms with Gasteiger partial charge < -0.3 is 11.1 Å². The molecule has 6 heteroatoms. The standard InChI is InChI=1S/C8H10N2O3S/c1-14(12,13)7-4-2-6(3-5-7)10-8(9)11/h2-5H,1H3,(H3,9,10,11). The third kappa shape index (κ3) is 2.74. The third-order valence-electron chi connectivity index (χ3n) is 1.55. The number of carbonyl (C=O) groups is 1. The average Bonchev–Trinajstić information content (AvgIpc) is 2.02. The highest BCUT2D eigenvalue weighted by atomic mass is 32.2. The van der Waals surface area contributed by atoms with Crippen LogP contribution in [0.2, 0.25) is 0 Å². The Hall–Kier alpha value is -1.56. The largest absolute Gasteiger partial charge is 0.351 e. The second kappa shape index (κ2) is 3.67. The fourth-order valence-electron chi connectivity index (χ4n) is 0.928. The molecule has 0 saturated heterocycles. The molecule has 5 nitrogen and oxygen atoms in total. The van der Waals surface area contributed by atoms with Gasteiger partial charge in [-0.15, -0.1) is 0 Å². The molecule has 0 unspecified atom stereocenters. The molecule has 3 N–H and O–H groups in total. The number of carbonyl (C=O) groups excluding carboxylic acids is 1. The van der Waals surface area contributed by atoms with Crippen LogP contribution in [0.3, 0.4) is 0 Å². The maximum atomic E-state index is 11.1. The summed E-state index contributed by atoms with van der Waals surface area (Å²) in [7, 11) is -3.19. The minimum Gasteiger partial charge on any atom is -0.351 e. The van der Waals surface area contributed by atoms with Crippen molar-refractivity contribution in [3.8, 4) is 0 Å². The first-order valence-corrected chi connectivity index (χ1v) is 5.65. The first-order valence-electron chi connectivity index (χ1n) is 3.76. The number of hydrogen-bond acceptors (Lipinski definition) is 3. The molecule has 0 aliphatic heterocycles. The van der Waals surface area contributed by atoms with E-state index < -0.39 is 15.9 Å². The summed E-state index contributed by atoms with van der Waals surface area (Å²) in [5.74, 6) is 0. The number of anilines is 1. The molecule has 0 saturated carbocycles. The molecular formula is C8H10N2O3S. The van der Waals surface area contributed by atoms with E-state index in [9.17, 15) is 13.2 Å². The van der Waals surface area contributed by atoms with E-state index >= 15 is 0 Å². The summed E-state index contributed by atoms with van der Waals surface area (Å²) in [6, 6.07) is 5.07. The zero-order valence-electron chi connectivity index (χ0n) is 7.52. The first-order chi connectivity index (χ1) is 6.39. The maximum Gasteiger partial charge on any atom is 0.316 e. The molecule has 0 aliphatic carbocycles. The summed E-state index contributed by atoms with van der Waals surface area (Å²) in [6.45, 7) is 0. The van der Waals surface area contributed by atoms with Gasteiger partial charge in [0.1, 0.15) is 0 Å². The van der Waals surface area contributed by atoms with Crippen LogP contribution < -0.4 is 11.1 Å². The van der Waals surface area contributed by atoms with Crippen LogP contribution in [0.5, 0.6) is 0 Å². The van der Waals surface area contributed by atoms with Gasteiger partial charge in [0.05, 0.1) is 4.90 Å². The minimum absolute atomic E-state index is 0.201. The molecule has 0 aromatic heterocycles. The van der Waals surface area contributed by atoms with Crippen LogP contribution in [0.1, 0.15) is 0 Å². The number of hydrogen-bond donors (Lipinski definition) is 2. The Balaban J connectivity index is 2.95. The molecule has 0 fully saturated rings. The van der Waals surface area contributed by atoms with Crippen molar-refractivity contribution in [1.29, 1.82) is 0 Å². The van der Waals surface area contributed by atoms with E-state index in [-0.39, 0.29) is 4.90 Å². The number of primary amides is 1. The number of nitrogens with one attached hydrogen (secondary N) is 1. The SMILES string of the molecule is CS(=O)(=O)c1ccc(NC(N)=O)cc1. The van der Waals surface area contributed by atoms with Gasteiger partial charge in [0.2, 0.25) is 0 Å². The van der Waals surface area contributed by atoms with Crippen molar-refractivity contribution >= 4 is 21.6 Å². The molecule has 14 heavy (non-hydrogen) atoms. The van der Waals surface area contributed by atoms with E-state index in [0.717, 1.165) is 6.26 Å². The summed E-state index contributed by atoms with van der Waals surface area (Å²) >= 11 is 0. The van der Waals surface area contributed by atoms with Crippen LogP contribution in [-0.2, 0) is 9.84 Å². The van der Waals surface area contributed by atoms with Crippen molar-refractivity contribution in [2.75, 3.05) is 11.6 Å². The fraction of sp³-hybridized carbons (Fsp3) is 0.125. The minimum atomic E-state index is -3.19. The number of urea groups is 1. The van der Waals surface area contributed by atoms with E-state index in [2.05, 4.69) is 5.32 Å². The van der Waals surface area contributed by atoms with Gasteiger partial charge in [0.25, 0.3) is 0 Å². The van der Waals surface area contributed by atoms with Crippen LogP contribution >= 0.6 is 0 Å². The predicted octanol–water partition coefficient (Wildman–Crippen LogP) is 0.581. The lowest BCUT2D eigenvalue weighted by atomic mass is 10.3. The number of sulfone groups is 1. The summed E-state index contributed by atoms with van der Waals surface area (Å²) in [4.78, 5) is 10.6. The molecular weight excluding hydrogens is 204 g/mol. The van der Waals surface area contributed by atoms with Gasteiger partial charge in [-0.2, -0.15) is 0 Å². The summed E-state index contributed by atoms with van der Waals surface area (Å²) in [6.07, 6.45) is 1.11. The molecule has 1 aromatic carbocycles. The molecule has 0 atom stereocenters. The van der Waals surface area contributed by atoms with Crippen molar-refractivity contribution < 1.29 is 13.2 Å². The van der Waals surface area contributed by atoms with E-state index in [1.54, 1.807) is 0 Å². The van der Waals surface area contributed by atoms with Gasteiger partial charge in [-0.05, 0) is 24.3 Å². The van der Waals surface area contributed by atoms with Gasteiger partial charge in [-0.1, -0.05) is 0 Å². The molecule has 76 valence electrons. The highest BCUT2D eigenvalue weighted by Crippen LogP contribution is 2.13. The number of benzene rings is 1. The average molecular weight is 214 g/mol. The third-order valence-corrected chi connectivity index (χ3v) is 2.68. The Morgan fingerprint density at radius 1 is 1.29 bits per heavy atom. The molecule has 0 heterocycles. The monoisotopic (exact) mass is 214 g/mol. The van der Waals surface area contributed by atoms with Crippen molar-refractivity contribution in [2.24, 2.45) is 5.73 Å². The maximum absolute atomic E-state index is 11.1. The predicted molar refractivity (Wildman–Crippen MR) is 52.8 cm³/mol. The number of rotatable bonds is 2. The highest BCUT2D eigenvalue weighted by Gasteiger charge is 2.06. The normalized spacial score (nSPS) is 10.9. The topological polar surface area (TPSA) is 89.3 Å². The smallest absolute Gasteiger partial charge is 0.316 e. The summed E-state index contributed by atoms with van der Waals surface area (Å²) in [5, 5.41) is 2.33. The van der Waals surface area contributed by atoms with Gasteiger partial charge in [0, 0.05) is 11.9 Å². The molecule has 2 amide bonds. The van der Waals surface area contributed by atoms with Gasteiger partial charge in [-0.25, -0.2) is 13.2 Å². The van der Waals surface area contributed by atoms with Crippen LogP contribution in [0.15, 0.2) is 29.2 Å². The van der Waals surface area contributed by atoms with E-state index in [4.69, 9.17) is 5.73 Å². The molecule has 0 aliphatic rings. The van der Waals surface area contributed by atoms with Crippen LogP contribution in [0, 0.1) is 0 Å². The second-order valence-electron chi connectivity index (χ2n) is 2.79. The highest BCUT2D eigenvalue weighted by molar-refractivity contribution is 7.90. The molecule has 0 radical (unpaired) electrons. The number of amides is 2. The van der Waals surface area contributed by atoms with Gasteiger partial charge >= 0.3 is 6.03 Å². The molecule has 1 aromatic rings. The quantitative estimate of drug-likeness (QED) is 0.754. The van der Waals surface area contributed by atoms with Gasteiger partial charge in [0.15, 0.2) is 9.84 Å². The van der Waals surface area contributed by atoms with Crippen molar-refractivity contribution in [1.82, 2.24) is 0 Å². The van der Waals surface area contributed by atoms with Crippen LogP contribution in [-0.4, -0.2) is 20.7 Å². The Labute approximate surface area is 81.8 Å². The second-order valence-corrected chi connectivity index (χ2v) is 4.80. The molecule has 0 bridgehead atoms. The van der Waals surface area contributed by atoms with Crippen molar-refractivity contribution in [3.63, 3.8) is 0 Å². The van der Waals surface area contributed by atoms with Gasteiger partial charge in [-0.3, -0.25) is 0 Å². The molecule has 1 rings (SSSR count). The summed E-state index contributed by atoms with van der Waals surface area (Å²) < 4.78 is 22.1. The Morgan fingerprint density at radius 3 is 2.14 bits per heavy atom. The lowest BCUT2D eigenvalue weighted by molar-refractivity contribution is 0.259. The Morgan fingerprint density at radius 2 is 1.79 bits per heavy atom. The van der Waals surface area contributed by atoms with Crippen LogP contribution in [0.4, 0.5) is 10.5 Å². The van der Waals surface area contributed by atoms with E-state index in [1.807, 2.05) is 0 Å². The van der Waals surface area contributed by atoms with Crippen LogP contribution in [0.25, 0.3) is 0 Å². The van der Waals surface area contributed by atoms with E-state index in [0.29, 0.717) is 5.69 Å². The molecule has 0 spiro atoms. The van der Waals surface area contributed by atoms with Crippen molar-refractivity contribution in [2.45, 2.75) is 4.90 Å². The Kier molecular flexibility index (Phi) is 2.76. The Bertz CT molecular complexity index is 436. The number of nitrogens with two attached hydrogens (primary N) is 1. The summed E-state index contributed by atoms with van der Waals surface area (Å²) in [5.41, 5.74) is 5.34. The lowest BCUT2D eigenvalue weighted by Gasteiger charge is -2.02. The fourth-order valence-corrected chi connectivity index (χ4v) is 1.56. The zero-order valence-corrected chi connectivity index (χ0v) is 8.34. The zero-order chi connectivity index (χ0) is 10.8. The van der Waals surface area contributed by atoms with Crippen molar-refractivity contribution in [3.05, 3.63) is 24.3 Å². The first kappa shape index (κ1) is 10.5. The lowest BCUT2D eigenvalue weighted by Crippen LogP contribution is -2.19. The van der Waals surface area contributed by atoms with E-state index in [1.165, 1.54) is 24.3 Å².